The number of nitrogens with zero attached hydrogens (tertiary/aromatic N) is 3. The normalized spacial score (nSPS) is 10.7. The molecule has 0 fully saturated rings. The number of aromatic nitrogens is 2. The van der Waals surface area contributed by atoms with Gasteiger partial charge >= 0.3 is 0 Å². The average Bonchev–Trinajstić information content (AvgIpc) is 3.20. The number of hydrogen-bond acceptors (Lipinski definition) is 5. The van der Waals surface area contributed by atoms with Crippen LogP contribution in [-0.4, -0.2) is 41.1 Å². The molecule has 0 spiro atoms. The molecule has 0 saturated heterocycles. The summed E-state index contributed by atoms with van der Waals surface area (Å²) in [6.45, 7) is 5.28. The van der Waals surface area contributed by atoms with Crippen molar-refractivity contribution in [1.29, 1.82) is 0 Å². The van der Waals surface area contributed by atoms with Crippen molar-refractivity contribution in [3.05, 3.63) is 65.5 Å². The third-order valence-electron chi connectivity index (χ3n) is 4.49. The molecule has 6 heteroatoms. The first kappa shape index (κ1) is 19.6. The molecule has 146 valence electrons. The van der Waals surface area contributed by atoms with E-state index in [1.807, 2.05) is 36.1 Å². The fourth-order valence-corrected chi connectivity index (χ4v) is 2.91. The molecule has 0 saturated carbocycles. The predicted octanol–water partition coefficient (Wildman–Crippen LogP) is 4.15. The molecular weight excluding hydrogens is 354 g/mol. The van der Waals surface area contributed by atoms with Crippen molar-refractivity contribution < 1.29 is 14.1 Å². The van der Waals surface area contributed by atoms with Gasteiger partial charge in [0.2, 0.25) is 11.7 Å². The van der Waals surface area contributed by atoms with Crippen LogP contribution in [0.15, 0.2) is 53.1 Å². The van der Waals surface area contributed by atoms with E-state index in [0.29, 0.717) is 36.8 Å². The second kappa shape index (κ2) is 9.17. The maximum Gasteiger partial charge on any atom is 0.253 e. The van der Waals surface area contributed by atoms with Crippen molar-refractivity contribution >= 4 is 5.91 Å². The molecule has 3 aromatic rings. The smallest absolute Gasteiger partial charge is 0.253 e. The second-order valence-electron chi connectivity index (χ2n) is 6.65. The number of amides is 1. The molecule has 6 nitrogen and oxygen atoms in total. The maximum absolute atomic E-state index is 12.8. The van der Waals surface area contributed by atoms with E-state index in [1.165, 1.54) is 5.56 Å². The Morgan fingerprint density at radius 2 is 1.79 bits per heavy atom. The summed E-state index contributed by atoms with van der Waals surface area (Å²) in [5.41, 5.74) is 2.74. The molecule has 0 bridgehead atoms. The van der Waals surface area contributed by atoms with Gasteiger partial charge in [-0.25, -0.2) is 0 Å². The highest BCUT2D eigenvalue weighted by atomic mass is 16.5. The SMILES string of the molecule is CCCN(CCc1nc(-c2ccc(C)cc2)no1)C(=O)c1ccc(OC)cc1. The van der Waals surface area contributed by atoms with Crippen LogP contribution in [0.25, 0.3) is 11.4 Å². The highest BCUT2D eigenvalue weighted by molar-refractivity contribution is 5.94. The Kier molecular flexibility index (Phi) is 6.42. The van der Waals surface area contributed by atoms with Gasteiger partial charge < -0.3 is 14.2 Å². The van der Waals surface area contributed by atoms with Gasteiger partial charge in [-0.15, -0.1) is 0 Å². The van der Waals surface area contributed by atoms with Crippen molar-refractivity contribution in [2.75, 3.05) is 20.2 Å². The summed E-state index contributed by atoms with van der Waals surface area (Å²) < 4.78 is 10.5. The van der Waals surface area contributed by atoms with E-state index >= 15 is 0 Å². The highest BCUT2D eigenvalue weighted by Crippen LogP contribution is 2.17. The van der Waals surface area contributed by atoms with Crippen LogP contribution < -0.4 is 4.74 Å². The van der Waals surface area contributed by atoms with Crippen LogP contribution in [0, 0.1) is 6.92 Å². The molecule has 0 aliphatic heterocycles. The summed E-state index contributed by atoms with van der Waals surface area (Å²) in [7, 11) is 1.61. The van der Waals surface area contributed by atoms with E-state index in [9.17, 15) is 4.79 Å². The minimum Gasteiger partial charge on any atom is -0.497 e. The van der Waals surface area contributed by atoms with Gasteiger partial charge in [-0.3, -0.25) is 4.79 Å². The molecule has 0 atom stereocenters. The van der Waals surface area contributed by atoms with Gasteiger partial charge in [-0.1, -0.05) is 41.9 Å². The molecular formula is C22H25N3O3. The van der Waals surface area contributed by atoms with E-state index in [2.05, 4.69) is 17.1 Å². The van der Waals surface area contributed by atoms with Crippen molar-refractivity contribution in [3.8, 4) is 17.1 Å². The molecule has 0 aliphatic rings. The monoisotopic (exact) mass is 379 g/mol. The topological polar surface area (TPSA) is 68.5 Å². The third-order valence-corrected chi connectivity index (χ3v) is 4.49. The molecule has 1 heterocycles. The molecule has 28 heavy (non-hydrogen) atoms. The first-order valence-electron chi connectivity index (χ1n) is 9.43. The summed E-state index contributed by atoms with van der Waals surface area (Å²) in [5.74, 6) is 1.81. The summed E-state index contributed by atoms with van der Waals surface area (Å²) in [4.78, 5) is 19.1. The van der Waals surface area contributed by atoms with Crippen LogP contribution in [0.3, 0.4) is 0 Å². The predicted molar refractivity (Wildman–Crippen MR) is 107 cm³/mol. The number of hydrogen-bond donors (Lipinski definition) is 0. The van der Waals surface area contributed by atoms with Gasteiger partial charge in [-0.2, -0.15) is 4.98 Å². The summed E-state index contributed by atoms with van der Waals surface area (Å²) in [6, 6.07) is 15.1. The standard InChI is InChI=1S/C22H25N3O3/c1-4-14-25(22(26)18-9-11-19(27-3)12-10-18)15-13-20-23-21(24-28-20)17-7-5-16(2)6-8-17/h5-12H,4,13-15H2,1-3H3. The summed E-state index contributed by atoms with van der Waals surface area (Å²) in [5, 5.41) is 4.06. The van der Waals surface area contributed by atoms with E-state index in [-0.39, 0.29) is 5.91 Å². The van der Waals surface area contributed by atoms with Crippen molar-refractivity contribution in [2.45, 2.75) is 26.7 Å². The molecule has 1 amide bonds. The number of rotatable bonds is 8. The Morgan fingerprint density at radius 1 is 1.07 bits per heavy atom. The van der Waals surface area contributed by atoms with Crippen LogP contribution in [0.2, 0.25) is 0 Å². The minimum atomic E-state index is -0.0113. The molecule has 0 unspecified atom stereocenters. The van der Waals surface area contributed by atoms with Gasteiger partial charge in [0.15, 0.2) is 0 Å². The Labute approximate surface area is 165 Å². The van der Waals surface area contributed by atoms with Gasteiger partial charge in [0.1, 0.15) is 5.75 Å². The lowest BCUT2D eigenvalue weighted by atomic mass is 10.1. The van der Waals surface area contributed by atoms with Crippen LogP contribution in [0.4, 0.5) is 0 Å². The number of methoxy groups -OCH3 is 1. The zero-order chi connectivity index (χ0) is 19.9. The summed E-state index contributed by atoms with van der Waals surface area (Å²) in [6.07, 6.45) is 1.39. The number of carbonyl (C=O) groups excluding carboxylic acids is 1. The van der Waals surface area contributed by atoms with Gasteiger partial charge in [-0.05, 0) is 37.6 Å². The molecule has 1 aromatic heterocycles. The molecule has 3 rings (SSSR count). The number of ether oxygens (including phenoxy) is 1. The zero-order valence-corrected chi connectivity index (χ0v) is 16.5. The first-order valence-corrected chi connectivity index (χ1v) is 9.43. The van der Waals surface area contributed by atoms with Gasteiger partial charge in [0.05, 0.1) is 7.11 Å². The van der Waals surface area contributed by atoms with Crippen LogP contribution in [0.5, 0.6) is 5.75 Å². The minimum absolute atomic E-state index is 0.0113. The van der Waals surface area contributed by atoms with E-state index in [0.717, 1.165) is 17.7 Å². The number of aryl methyl sites for hydroxylation is 1. The third kappa shape index (κ3) is 4.76. The highest BCUT2D eigenvalue weighted by Gasteiger charge is 2.17. The molecule has 0 radical (unpaired) electrons. The molecule has 2 aromatic carbocycles. The summed E-state index contributed by atoms with van der Waals surface area (Å²) >= 11 is 0. The second-order valence-corrected chi connectivity index (χ2v) is 6.65. The van der Waals surface area contributed by atoms with Crippen molar-refractivity contribution in [1.82, 2.24) is 15.0 Å². The van der Waals surface area contributed by atoms with E-state index in [4.69, 9.17) is 9.26 Å². The fraction of sp³-hybridized carbons (Fsp3) is 0.318. The maximum atomic E-state index is 12.8. The van der Waals surface area contributed by atoms with Crippen LogP contribution >= 0.6 is 0 Å². The largest absolute Gasteiger partial charge is 0.497 e. The van der Waals surface area contributed by atoms with E-state index in [1.54, 1.807) is 31.4 Å². The Hall–Kier alpha value is -3.15. The number of benzene rings is 2. The Balaban J connectivity index is 1.66. The lowest BCUT2D eigenvalue weighted by molar-refractivity contribution is 0.0754. The number of carbonyl (C=O) groups is 1. The van der Waals surface area contributed by atoms with E-state index < -0.39 is 0 Å². The molecule has 0 aliphatic carbocycles. The van der Waals surface area contributed by atoms with Crippen LogP contribution in [-0.2, 0) is 6.42 Å². The van der Waals surface area contributed by atoms with Crippen LogP contribution in [0.1, 0.15) is 35.2 Å². The van der Waals surface area contributed by atoms with Crippen molar-refractivity contribution in [2.24, 2.45) is 0 Å². The van der Waals surface area contributed by atoms with Gasteiger partial charge in [0, 0.05) is 30.6 Å². The Bertz CT molecular complexity index is 902. The average molecular weight is 379 g/mol. The quantitative estimate of drug-likeness (QED) is 0.588. The van der Waals surface area contributed by atoms with Crippen molar-refractivity contribution in [3.63, 3.8) is 0 Å². The lowest BCUT2D eigenvalue weighted by Gasteiger charge is -2.21. The lowest BCUT2D eigenvalue weighted by Crippen LogP contribution is -2.33. The molecule has 0 N–H and O–H groups in total. The first-order chi connectivity index (χ1) is 13.6. The Morgan fingerprint density at radius 3 is 2.43 bits per heavy atom. The van der Waals surface area contributed by atoms with Gasteiger partial charge in [0.25, 0.3) is 5.91 Å². The fourth-order valence-electron chi connectivity index (χ4n) is 2.91. The zero-order valence-electron chi connectivity index (χ0n) is 16.5.